The summed E-state index contributed by atoms with van der Waals surface area (Å²) in [5, 5.41) is 0. The molecule has 71 valence electrons. The molecule has 14 heavy (non-hydrogen) atoms. The van der Waals surface area contributed by atoms with Crippen molar-refractivity contribution < 1.29 is 9.47 Å². The Morgan fingerprint density at radius 1 is 1.14 bits per heavy atom. The first kappa shape index (κ1) is 7.92. The summed E-state index contributed by atoms with van der Waals surface area (Å²) >= 11 is 0. The summed E-state index contributed by atoms with van der Waals surface area (Å²) in [6.07, 6.45) is 8.65. The maximum absolute atomic E-state index is 5.35. The summed E-state index contributed by atoms with van der Waals surface area (Å²) in [5.41, 5.74) is 2.58. The quantitative estimate of drug-likeness (QED) is 0.621. The van der Waals surface area contributed by atoms with Gasteiger partial charge in [-0.1, -0.05) is 6.08 Å². The van der Waals surface area contributed by atoms with Gasteiger partial charge in [-0.15, -0.1) is 0 Å². The van der Waals surface area contributed by atoms with Gasteiger partial charge in [0, 0.05) is 0 Å². The van der Waals surface area contributed by atoms with Crippen molar-refractivity contribution in [2.45, 2.75) is 19.3 Å². The first-order valence-corrected chi connectivity index (χ1v) is 4.92. The Morgan fingerprint density at radius 3 is 2.93 bits per heavy atom. The van der Waals surface area contributed by atoms with Crippen LogP contribution in [0, 0.1) is 6.08 Å². The van der Waals surface area contributed by atoms with E-state index >= 15 is 0 Å². The summed E-state index contributed by atoms with van der Waals surface area (Å²) in [4.78, 5) is 0. The van der Waals surface area contributed by atoms with E-state index < -0.39 is 0 Å². The number of aryl methyl sites for hydroxylation is 1. The molecule has 1 radical (unpaired) electrons. The molecule has 1 aliphatic heterocycles. The number of ether oxygens (including phenoxy) is 2. The Balaban J connectivity index is 2.13. The third-order valence-corrected chi connectivity index (χ3v) is 2.66. The summed E-state index contributed by atoms with van der Waals surface area (Å²) in [7, 11) is 0. The molecule has 1 aromatic carbocycles. The number of hydrogen-bond donors (Lipinski definition) is 0. The van der Waals surface area contributed by atoms with E-state index in [4.69, 9.17) is 9.47 Å². The molecule has 2 nitrogen and oxygen atoms in total. The van der Waals surface area contributed by atoms with Gasteiger partial charge < -0.3 is 9.47 Å². The second-order valence-electron chi connectivity index (χ2n) is 3.61. The predicted molar refractivity (Wildman–Crippen MR) is 53.2 cm³/mol. The SMILES string of the molecule is [C]1=Cc2cc3c(cc2CCC1)OCO3. The van der Waals surface area contributed by atoms with Crippen molar-refractivity contribution in [3.63, 3.8) is 0 Å². The van der Waals surface area contributed by atoms with Crippen LogP contribution in [0.25, 0.3) is 6.08 Å². The van der Waals surface area contributed by atoms with E-state index in [9.17, 15) is 0 Å². The number of hydrogen-bond acceptors (Lipinski definition) is 2. The Hall–Kier alpha value is -1.44. The fourth-order valence-electron chi connectivity index (χ4n) is 1.91. The maximum Gasteiger partial charge on any atom is 0.231 e. The minimum Gasteiger partial charge on any atom is -0.454 e. The lowest BCUT2D eigenvalue weighted by Crippen LogP contribution is -1.92. The first-order chi connectivity index (χ1) is 6.93. The predicted octanol–water partition coefficient (Wildman–Crippen LogP) is 2.57. The third-order valence-electron chi connectivity index (χ3n) is 2.66. The second kappa shape index (κ2) is 3.05. The first-order valence-electron chi connectivity index (χ1n) is 4.92. The zero-order valence-corrected chi connectivity index (χ0v) is 7.88. The number of benzene rings is 1. The van der Waals surface area contributed by atoms with Crippen LogP contribution < -0.4 is 9.47 Å². The highest BCUT2D eigenvalue weighted by Crippen LogP contribution is 2.36. The number of rotatable bonds is 0. The van der Waals surface area contributed by atoms with Gasteiger partial charge in [-0.2, -0.15) is 0 Å². The Morgan fingerprint density at radius 2 is 2.00 bits per heavy atom. The van der Waals surface area contributed by atoms with Crippen molar-refractivity contribution in [1.82, 2.24) is 0 Å². The topological polar surface area (TPSA) is 18.5 Å². The highest BCUT2D eigenvalue weighted by molar-refractivity contribution is 5.60. The lowest BCUT2D eigenvalue weighted by atomic mass is 10.0. The van der Waals surface area contributed by atoms with Crippen molar-refractivity contribution in [3.05, 3.63) is 29.3 Å². The molecule has 2 heteroatoms. The van der Waals surface area contributed by atoms with Crippen LogP contribution in [0.2, 0.25) is 0 Å². The van der Waals surface area contributed by atoms with E-state index in [1.54, 1.807) is 0 Å². The van der Waals surface area contributed by atoms with E-state index in [1.165, 1.54) is 17.5 Å². The van der Waals surface area contributed by atoms with Gasteiger partial charge in [0.1, 0.15) is 0 Å². The molecule has 2 aliphatic rings. The van der Waals surface area contributed by atoms with Crippen LogP contribution in [0.4, 0.5) is 0 Å². The fraction of sp³-hybridized carbons (Fsp3) is 0.333. The zero-order chi connectivity index (χ0) is 9.38. The molecule has 0 unspecified atom stereocenters. The van der Waals surface area contributed by atoms with Crippen LogP contribution >= 0.6 is 0 Å². The molecular weight excluding hydrogens is 176 g/mol. The Kier molecular flexibility index (Phi) is 1.72. The Labute approximate surface area is 83.1 Å². The van der Waals surface area contributed by atoms with Gasteiger partial charge in [-0.25, -0.2) is 0 Å². The smallest absolute Gasteiger partial charge is 0.231 e. The third kappa shape index (κ3) is 1.18. The molecule has 0 spiro atoms. The monoisotopic (exact) mass is 187 g/mol. The molecule has 0 bridgehead atoms. The molecule has 0 N–H and O–H groups in total. The molecule has 0 aromatic heterocycles. The van der Waals surface area contributed by atoms with Crippen molar-refractivity contribution in [2.24, 2.45) is 0 Å². The highest BCUT2D eigenvalue weighted by Gasteiger charge is 2.16. The number of fused-ring (bicyclic) bond motifs is 2. The molecule has 1 aliphatic carbocycles. The fourth-order valence-corrected chi connectivity index (χ4v) is 1.91. The summed E-state index contributed by atoms with van der Waals surface area (Å²) in [5.74, 6) is 1.75. The van der Waals surface area contributed by atoms with Crippen LogP contribution in [-0.4, -0.2) is 6.79 Å². The van der Waals surface area contributed by atoms with Crippen LogP contribution in [-0.2, 0) is 6.42 Å². The van der Waals surface area contributed by atoms with Crippen LogP contribution in [0.1, 0.15) is 24.0 Å². The molecule has 0 fully saturated rings. The van der Waals surface area contributed by atoms with E-state index in [0.29, 0.717) is 6.79 Å². The molecule has 0 amide bonds. The van der Waals surface area contributed by atoms with Crippen molar-refractivity contribution >= 4 is 6.08 Å². The highest BCUT2D eigenvalue weighted by atomic mass is 16.7. The van der Waals surface area contributed by atoms with Gasteiger partial charge in [0.25, 0.3) is 0 Å². The standard InChI is InChI=1S/C12H11O2/c1-2-4-9-6-11-12(14-8-13-11)7-10(9)5-3-1/h5-7H,1-2,4,8H2. The molecule has 0 atom stereocenters. The molecule has 0 saturated carbocycles. The van der Waals surface area contributed by atoms with E-state index in [-0.39, 0.29) is 0 Å². The molecule has 0 saturated heterocycles. The summed E-state index contributed by atoms with van der Waals surface area (Å²) in [6, 6.07) is 4.15. The van der Waals surface area contributed by atoms with E-state index in [1.807, 2.05) is 0 Å². The van der Waals surface area contributed by atoms with Crippen LogP contribution in [0.15, 0.2) is 12.1 Å². The van der Waals surface area contributed by atoms with Crippen molar-refractivity contribution in [3.8, 4) is 11.5 Å². The average molecular weight is 187 g/mol. The number of allylic oxidation sites excluding steroid dienone is 1. The lowest BCUT2D eigenvalue weighted by molar-refractivity contribution is 0.174. The minimum absolute atomic E-state index is 0.353. The van der Waals surface area contributed by atoms with E-state index in [0.717, 1.165) is 24.3 Å². The zero-order valence-electron chi connectivity index (χ0n) is 7.88. The van der Waals surface area contributed by atoms with Crippen LogP contribution in [0.3, 0.4) is 0 Å². The lowest BCUT2D eigenvalue weighted by Gasteiger charge is -2.04. The Bertz CT molecular complexity index is 394. The van der Waals surface area contributed by atoms with Gasteiger partial charge in [-0.3, -0.25) is 0 Å². The second-order valence-corrected chi connectivity index (χ2v) is 3.61. The molecule has 1 aromatic rings. The van der Waals surface area contributed by atoms with Gasteiger partial charge in [0.2, 0.25) is 6.79 Å². The molecular formula is C12H11O2. The van der Waals surface area contributed by atoms with Gasteiger partial charge in [0.15, 0.2) is 11.5 Å². The maximum atomic E-state index is 5.35. The van der Waals surface area contributed by atoms with Crippen molar-refractivity contribution in [2.75, 3.05) is 6.79 Å². The van der Waals surface area contributed by atoms with Gasteiger partial charge in [0.05, 0.1) is 0 Å². The van der Waals surface area contributed by atoms with Gasteiger partial charge >= 0.3 is 0 Å². The largest absolute Gasteiger partial charge is 0.454 e. The van der Waals surface area contributed by atoms with Gasteiger partial charge in [-0.05, 0) is 48.6 Å². The molecule has 3 rings (SSSR count). The van der Waals surface area contributed by atoms with E-state index in [2.05, 4.69) is 24.3 Å². The normalized spacial score (nSPS) is 17.7. The summed E-state index contributed by atoms with van der Waals surface area (Å²) in [6.45, 7) is 0.353. The molecule has 1 heterocycles. The minimum atomic E-state index is 0.353. The van der Waals surface area contributed by atoms with Crippen molar-refractivity contribution in [1.29, 1.82) is 0 Å². The van der Waals surface area contributed by atoms with Crippen LogP contribution in [0.5, 0.6) is 11.5 Å². The average Bonchev–Trinajstić information content (AvgIpc) is 2.51. The summed E-state index contributed by atoms with van der Waals surface area (Å²) < 4.78 is 10.7.